The van der Waals surface area contributed by atoms with Crippen LogP contribution in [0, 0.1) is 5.82 Å². The molecule has 138 valence electrons. The first-order valence-electron chi connectivity index (χ1n) is 8.62. The molecule has 1 fully saturated rings. The van der Waals surface area contributed by atoms with Gasteiger partial charge in [-0.05, 0) is 50.2 Å². The molecule has 1 aromatic carbocycles. The maximum absolute atomic E-state index is 12.8. The van der Waals surface area contributed by atoms with Gasteiger partial charge in [0.15, 0.2) is 6.61 Å². The SMILES string of the molecule is O=C(COc1coc(CN2CCCCC2)cc1=O)Nc1ccc(F)cc1. The number of hydrogen-bond acceptors (Lipinski definition) is 5. The Labute approximate surface area is 150 Å². The Kier molecular flexibility index (Phi) is 6.01. The maximum Gasteiger partial charge on any atom is 0.262 e. The van der Waals surface area contributed by atoms with Crippen LogP contribution in [-0.2, 0) is 11.3 Å². The van der Waals surface area contributed by atoms with E-state index in [9.17, 15) is 14.0 Å². The molecule has 0 spiro atoms. The molecular formula is C19H21FN2O4. The topological polar surface area (TPSA) is 71.8 Å². The second kappa shape index (κ2) is 8.62. The lowest BCUT2D eigenvalue weighted by molar-refractivity contribution is -0.118. The summed E-state index contributed by atoms with van der Waals surface area (Å²) in [7, 11) is 0. The summed E-state index contributed by atoms with van der Waals surface area (Å²) in [5.74, 6) is -0.267. The highest BCUT2D eigenvalue weighted by molar-refractivity contribution is 5.91. The van der Waals surface area contributed by atoms with Crippen molar-refractivity contribution in [3.63, 3.8) is 0 Å². The Morgan fingerprint density at radius 3 is 2.62 bits per heavy atom. The normalized spacial score (nSPS) is 14.8. The van der Waals surface area contributed by atoms with Crippen molar-refractivity contribution in [1.82, 2.24) is 4.90 Å². The fourth-order valence-corrected chi connectivity index (χ4v) is 2.84. The molecule has 1 N–H and O–H groups in total. The molecule has 0 bridgehead atoms. The number of benzene rings is 1. The van der Waals surface area contributed by atoms with Gasteiger partial charge < -0.3 is 14.5 Å². The van der Waals surface area contributed by atoms with Crippen molar-refractivity contribution in [2.45, 2.75) is 25.8 Å². The molecule has 1 aliphatic rings. The molecule has 0 atom stereocenters. The van der Waals surface area contributed by atoms with Gasteiger partial charge in [-0.3, -0.25) is 14.5 Å². The fraction of sp³-hybridized carbons (Fsp3) is 0.368. The van der Waals surface area contributed by atoms with E-state index in [2.05, 4.69) is 10.2 Å². The number of rotatable bonds is 6. The molecule has 0 unspecified atom stereocenters. The van der Waals surface area contributed by atoms with Gasteiger partial charge in [0, 0.05) is 11.8 Å². The van der Waals surface area contributed by atoms with Crippen molar-refractivity contribution in [2.24, 2.45) is 0 Å². The van der Waals surface area contributed by atoms with E-state index in [1.54, 1.807) is 0 Å². The second-order valence-electron chi connectivity index (χ2n) is 6.26. The van der Waals surface area contributed by atoms with E-state index in [1.165, 1.54) is 43.0 Å². The van der Waals surface area contributed by atoms with Crippen LogP contribution >= 0.6 is 0 Å². The molecule has 6 nitrogen and oxygen atoms in total. The lowest BCUT2D eigenvalue weighted by atomic mass is 10.1. The Hall–Kier alpha value is -2.67. The van der Waals surface area contributed by atoms with Crippen LogP contribution in [0.3, 0.4) is 0 Å². The third kappa shape index (κ3) is 5.16. The van der Waals surface area contributed by atoms with Crippen LogP contribution in [0.1, 0.15) is 25.0 Å². The standard InChI is InChI=1S/C19H21FN2O4/c20-14-4-6-15(7-5-14)21-19(24)13-26-18-12-25-16(10-17(18)23)11-22-8-2-1-3-9-22/h4-7,10,12H,1-3,8-9,11,13H2,(H,21,24). The van der Waals surface area contributed by atoms with Gasteiger partial charge in [-0.25, -0.2) is 4.39 Å². The summed E-state index contributed by atoms with van der Waals surface area (Å²) < 4.78 is 23.5. The van der Waals surface area contributed by atoms with E-state index < -0.39 is 5.91 Å². The summed E-state index contributed by atoms with van der Waals surface area (Å²) in [6, 6.07) is 6.77. The highest BCUT2D eigenvalue weighted by Crippen LogP contribution is 2.14. The monoisotopic (exact) mass is 360 g/mol. The number of carbonyl (C=O) groups excluding carboxylic acids is 1. The number of hydrogen-bond donors (Lipinski definition) is 1. The van der Waals surface area contributed by atoms with E-state index in [1.807, 2.05) is 0 Å². The number of nitrogens with zero attached hydrogens (tertiary/aromatic N) is 1. The van der Waals surface area contributed by atoms with Gasteiger partial charge in [-0.1, -0.05) is 6.42 Å². The highest BCUT2D eigenvalue weighted by atomic mass is 19.1. The molecule has 0 saturated carbocycles. The van der Waals surface area contributed by atoms with Gasteiger partial charge >= 0.3 is 0 Å². The minimum atomic E-state index is -0.451. The van der Waals surface area contributed by atoms with Crippen LogP contribution < -0.4 is 15.5 Å². The van der Waals surface area contributed by atoms with Gasteiger partial charge in [0.05, 0.1) is 6.54 Å². The van der Waals surface area contributed by atoms with E-state index in [-0.39, 0.29) is 23.6 Å². The Morgan fingerprint density at radius 1 is 1.19 bits per heavy atom. The summed E-state index contributed by atoms with van der Waals surface area (Å²) in [5, 5.41) is 2.55. The molecular weight excluding hydrogens is 339 g/mol. The lowest BCUT2D eigenvalue weighted by Gasteiger charge is -2.25. The smallest absolute Gasteiger partial charge is 0.262 e. The maximum atomic E-state index is 12.8. The van der Waals surface area contributed by atoms with Crippen LogP contribution in [-0.4, -0.2) is 30.5 Å². The zero-order valence-electron chi connectivity index (χ0n) is 14.4. The first-order valence-corrected chi connectivity index (χ1v) is 8.62. The lowest BCUT2D eigenvalue weighted by Crippen LogP contribution is -2.29. The van der Waals surface area contributed by atoms with Crippen LogP contribution in [0.4, 0.5) is 10.1 Å². The quantitative estimate of drug-likeness (QED) is 0.858. The summed E-state index contributed by atoms with van der Waals surface area (Å²) in [5.41, 5.74) is 0.127. The van der Waals surface area contributed by atoms with Crippen molar-refractivity contribution in [3.8, 4) is 5.75 Å². The Balaban J connectivity index is 1.52. The van der Waals surface area contributed by atoms with Crippen LogP contribution in [0.15, 0.2) is 45.8 Å². The zero-order chi connectivity index (χ0) is 18.4. The number of likely N-dealkylation sites (tertiary alicyclic amines) is 1. The van der Waals surface area contributed by atoms with Crippen LogP contribution in [0.25, 0.3) is 0 Å². The van der Waals surface area contributed by atoms with E-state index in [0.717, 1.165) is 25.9 Å². The summed E-state index contributed by atoms with van der Waals surface area (Å²) in [6.07, 6.45) is 4.81. The van der Waals surface area contributed by atoms with Crippen molar-refractivity contribution in [2.75, 3.05) is 25.0 Å². The first-order chi connectivity index (χ1) is 12.6. The largest absolute Gasteiger partial charge is 0.477 e. The highest BCUT2D eigenvalue weighted by Gasteiger charge is 2.13. The third-order valence-corrected chi connectivity index (χ3v) is 4.17. The van der Waals surface area contributed by atoms with E-state index in [0.29, 0.717) is 18.0 Å². The van der Waals surface area contributed by atoms with Gasteiger partial charge in [0.2, 0.25) is 11.2 Å². The Morgan fingerprint density at radius 2 is 1.92 bits per heavy atom. The van der Waals surface area contributed by atoms with Crippen LogP contribution in [0.2, 0.25) is 0 Å². The third-order valence-electron chi connectivity index (χ3n) is 4.17. The number of anilines is 1. The number of piperidine rings is 1. The molecule has 1 aliphatic heterocycles. The summed E-state index contributed by atoms with van der Waals surface area (Å²) >= 11 is 0. The number of nitrogens with one attached hydrogen (secondary N) is 1. The molecule has 0 aliphatic carbocycles. The average Bonchev–Trinajstić information content (AvgIpc) is 2.64. The average molecular weight is 360 g/mol. The van der Waals surface area contributed by atoms with Gasteiger partial charge in [-0.15, -0.1) is 0 Å². The molecule has 2 heterocycles. The molecule has 1 amide bonds. The van der Waals surface area contributed by atoms with Crippen molar-refractivity contribution in [1.29, 1.82) is 0 Å². The predicted octanol–water partition coefficient (Wildman–Crippen LogP) is 2.78. The van der Waals surface area contributed by atoms with Gasteiger partial charge in [-0.2, -0.15) is 0 Å². The minimum absolute atomic E-state index is 0.0124. The number of halogens is 1. The predicted molar refractivity (Wildman–Crippen MR) is 94.6 cm³/mol. The van der Waals surface area contributed by atoms with Gasteiger partial charge in [0.1, 0.15) is 17.8 Å². The molecule has 26 heavy (non-hydrogen) atoms. The van der Waals surface area contributed by atoms with Crippen LogP contribution in [0.5, 0.6) is 5.75 Å². The number of ether oxygens (including phenoxy) is 1. The fourth-order valence-electron chi connectivity index (χ4n) is 2.84. The molecule has 1 saturated heterocycles. The minimum Gasteiger partial charge on any atom is -0.477 e. The summed E-state index contributed by atoms with van der Waals surface area (Å²) in [6.45, 7) is 2.27. The molecule has 7 heteroatoms. The van der Waals surface area contributed by atoms with Crippen molar-refractivity contribution in [3.05, 3.63) is 58.4 Å². The summed E-state index contributed by atoms with van der Waals surface area (Å²) in [4.78, 5) is 26.2. The van der Waals surface area contributed by atoms with Crippen molar-refractivity contribution >= 4 is 11.6 Å². The molecule has 2 aromatic rings. The molecule has 1 aromatic heterocycles. The number of carbonyl (C=O) groups is 1. The van der Waals surface area contributed by atoms with Gasteiger partial charge in [0.25, 0.3) is 5.91 Å². The Bertz CT molecular complexity index is 798. The van der Waals surface area contributed by atoms with E-state index in [4.69, 9.17) is 9.15 Å². The molecule has 3 rings (SSSR count). The second-order valence-corrected chi connectivity index (χ2v) is 6.26. The number of amides is 1. The van der Waals surface area contributed by atoms with E-state index >= 15 is 0 Å². The van der Waals surface area contributed by atoms with Crippen molar-refractivity contribution < 1.29 is 18.3 Å². The first kappa shape index (κ1) is 18.1. The molecule has 0 radical (unpaired) electrons. The zero-order valence-corrected chi connectivity index (χ0v) is 14.4.